The summed E-state index contributed by atoms with van der Waals surface area (Å²) in [6.45, 7) is 8.27. The Labute approximate surface area is 224 Å². The number of aryl methyl sites for hydroxylation is 1. The molecule has 0 saturated heterocycles. The van der Waals surface area contributed by atoms with Crippen molar-refractivity contribution >= 4 is 35.7 Å². The molecule has 8 nitrogen and oxygen atoms in total. The molecule has 3 aromatic heterocycles. The van der Waals surface area contributed by atoms with E-state index >= 15 is 0 Å². The van der Waals surface area contributed by atoms with Gasteiger partial charge in [-0.3, -0.25) is 9.48 Å². The highest BCUT2D eigenvalue weighted by molar-refractivity contribution is 8.29. The fourth-order valence-electron chi connectivity index (χ4n) is 5.76. The summed E-state index contributed by atoms with van der Waals surface area (Å²) in [6.07, 6.45) is 6.36. The maximum atomic E-state index is 13.6. The molecule has 1 aliphatic rings. The highest BCUT2D eigenvalue weighted by Crippen LogP contribution is 2.61. The first-order valence-electron chi connectivity index (χ1n) is 12.5. The zero-order chi connectivity index (χ0) is 27.4. The molecule has 1 unspecified atom stereocenters. The smallest absolute Gasteiger partial charge is 0.387 e. The third-order valence-corrected chi connectivity index (χ3v) is 19.2. The number of amides is 1. The molecule has 0 bridgehead atoms. The second-order valence-corrected chi connectivity index (χ2v) is 18.5. The molecule has 4 aromatic rings. The number of hydrogen-bond acceptors (Lipinski definition) is 6. The molecule has 0 spiro atoms. The molecule has 0 saturated carbocycles. The average molecular weight is 557 g/mol. The summed E-state index contributed by atoms with van der Waals surface area (Å²) in [7, 11) is -0.205. The number of fused-ring (bicyclic) bond motifs is 2. The fraction of sp³-hybridized carbons (Fsp3) is 0.385. The molecule has 1 N–H and O–H groups in total. The van der Waals surface area contributed by atoms with Crippen LogP contribution in [0.4, 0.5) is 14.5 Å². The highest BCUT2D eigenvalue weighted by atomic mass is 32.4. The van der Waals surface area contributed by atoms with Gasteiger partial charge in [0.2, 0.25) is 0 Å². The number of anilines is 1. The first-order valence-corrected chi connectivity index (χ1v) is 16.3. The number of carbonyl (C=O) groups excluding carboxylic acids is 1. The van der Waals surface area contributed by atoms with E-state index in [0.29, 0.717) is 33.7 Å². The van der Waals surface area contributed by atoms with Crippen LogP contribution in [0.1, 0.15) is 56.1 Å². The minimum atomic E-state index is -3.00. The standard InChI is InChI=1S/C26H30F2N6O2SSi/c1-14(2)38(15(3)4)16(5)17-10-21(36-26(27)28)18(11-22(17)37-38)23-20(13-33(6)32-23)31-25(35)19-12-30-34-9-7-8-29-24(19)34/h7-16,26H,1-6H3,(H,31,35). The van der Waals surface area contributed by atoms with Crippen molar-refractivity contribution in [3.63, 3.8) is 0 Å². The van der Waals surface area contributed by atoms with Gasteiger partial charge < -0.3 is 10.1 Å². The summed E-state index contributed by atoms with van der Waals surface area (Å²) >= 11 is 1.92. The molecule has 1 aliphatic heterocycles. The third kappa shape index (κ3) is 4.29. The van der Waals surface area contributed by atoms with Gasteiger partial charge in [-0.1, -0.05) is 34.6 Å². The van der Waals surface area contributed by atoms with Crippen LogP contribution in [0, 0.1) is 0 Å². The number of nitrogens with one attached hydrogen (secondary N) is 1. The summed E-state index contributed by atoms with van der Waals surface area (Å²) in [5.41, 5.74) is 4.12. The molecule has 38 heavy (non-hydrogen) atoms. The van der Waals surface area contributed by atoms with Gasteiger partial charge in [0, 0.05) is 36.1 Å². The van der Waals surface area contributed by atoms with Crippen LogP contribution in [-0.2, 0) is 7.05 Å². The van der Waals surface area contributed by atoms with E-state index in [1.54, 1.807) is 37.8 Å². The molecule has 12 heteroatoms. The van der Waals surface area contributed by atoms with Gasteiger partial charge in [-0.25, -0.2) is 9.50 Å². The van der Waals surface area contributed by atoms with E-state index in [-0.39, 0.29) is 16.9 Å². The molecule has 0 aliphatic carbocycles. The van der Waals surface area contributed by atoms with Crippen LogP contribution in [0.3, 0.4) is 0 Å². The summed E-state index contributed by atoms with van der Waals surface area (Å²) in [5.74, 6) is -0.380. The van der Waals surface area contributed by atoms with Gasteiger partial charge in [0.25, 0.3) is 5.91 Å². The van der Waals surface area contributed by atoms with Crippen LogP contribution in [-0.4, -0.2) is 44.1 Å². The predicted octanol–water partition coefficient (Wildman–Crippen LogP) is 6.50. The Bertz CT molecular complexity index is 1510. The first kappa shape index (κ1) is 26.4. The summed E-state index contributed by atoms with van der Waals surface area (Å²) in [6, 6.07) is 5.38. The van der Waals surface area contributed by atoms with E-state index in [1.165, 1.54) is 15.4 Å². The number of aromatic nitrogens is 5. The lowest BCUT2D eigenvalue weighted by atomic mass is 10.0. The highest BCUT2D eigenvalue weighted by Gasteiger charge is 2.51. The van der Waals surface area contributed by atoms with Crippen LogP contribution < -0.4 is 10.1 Å². The van der Waals surface area contributed by atoms with Crippen molar-refractivity contribution in [3.8, 4) is 17.0 Å². The molecular weight excluding hydrogens is 526 g/mol. The van der Waals surface area contributed by atoms with E-state index in [2.05, 4.69) is 55.1 Å². The number of carbonyl (C=O) groups is 1. The lowest BCUT2D eigenvalue weighted by molar-refractivity contribution is -0.0495. The summed E-state index contributed by atoms with van der Waals surface area (Å²) in [4.78, 5) is 18.5. The molecule has 1 atom stereocenters. The minimum Gasteiger partial charge on any atom is -0.434 e. The Morgan fingerprint density at radius 2 is 1.95 bits per heavy atom. The monoisotopic (exact) mass is 556 g/mol. The maximum absolute atomic E-state index is 13.6. The summed E-state index contributed by atoms with van der Waals surface area (Å²) in [5, 5.41) is 11.6. The van der Waals surface area contributed by atoms with Crippen molar-refractivity contribution < 1.29 is 18.3 Å². The zero-order valence-corrected chi connectivity index (χ0v) is 23.9. The predicted molar refractivity (Wildman–Crippen MR) is 146 cm³/mol. The Morgan fingerprint density at radius 1 is 1.21 bits per heavy atom. The van der Waals surface area contributed by atoms with Crippen molar-refractivity contribution in [1.82, 2.24) is 24.4 Å². The quantitative estimate of drug-likeness (QED) is 0.262. The average Bonchev–Trinajstić information content (AvgIpc) is 3.52. The Kier molecular flexibility index (Phi) is 6.80. The van der Waals surface area contributed by atoms with E-state index in [9.17, 15) is 13.6 Å². The molecule has 0 fully saturated rings. The Morgan fingerprint density at radius 3 is 2.63 bits per heavy atom. The normalized spacial score (nSPS) is 16.6. The van der Waals surface area contributed by atoms with Crippen molar-refractivity contribution in [3.05, 3.63) is 54.1 Å². The number of halogens is 2. The molecular formula is C26H30F2N6O2SSi. The van der Waals surface area contributed by atoms with Gasteiger partial charge in [-0.2, -0.15) is 19.0 Å². The van der Waals surface area contributed by atoms with Gasteiger partial charge >= 0.3 is 6.61 Å². The van der Waals surface area contributed by atoms with Gasteiger partial charge in [-0.15, -0.1) is 11.2 Å². The number of nitrogens with zero attached hydrogens (tertiary/aromatic N) is 5. The minimum absolute atomic E-state index is 0.0513. The van der Waals surface area contributed by atoms with Gasteiger partial charge in [-0.05, 0) is 40.4 Å². The van der Waals surface area contributed by atoms with Crippen molar-refractivity contribution in [2.24, 2.45) is 7.05 Å². The fourth-order valence-corrected chi connectivity index (χ4v) is 15.5. The lowest BCUT2D eigenvalue weighted by Gasteiger charge is -2.38. The van der Waals surface area contributed by atoms with Crippen LogP contribution in [0.2, 0.25) is 11.1 Å². The maximum Gasteiger partial charge on any atom is 0.387 e. The number of alkyl halides is 2. The number of rotatable bonds is 7. The lowest BCUT2D eigenvalue weighted by Crippen LogP contribution is -2.40. The molecule has 1 amide bonds. The van der Waals surface area contributed by atoms with Crippen molar-refractivity contribution in [2.45, 2.75) is 62.7 Å². The molecule has 1 aromatic carbocycles. The largest absolute Gasteiger partial charge is 0.434 e. The van der Waals surface area contributed by atoms with Crippen molar-refractivity contribution in [2.75, 3.05) is 5.32 Å². The molecule has 5 rings (SSSR count). The number of benzene rings is 1. The van der Waals surface area contributed by atoms with Gasteiger partial charge in [0.05, 0.1) is 11.9 Å². The summed E-state index contributed by atoms with van der Waals surface area (Å²) < 4.78 is 35.3. The number of ether oxygens (including phenoxy) is 1. The van der Waals surface area contributed by atoms with Gasteiger partial charge in [0.15, 0.2) is 5.65 Å². The first-order chi connectivity index (χ1) is 18.0. The molecule has 0 radical (unpaired) electrons. The van der Waals surface area contributed by atoms with Crippen LogP contribution in [0.15, 0.2) is 47.9 Å². The Balaban J connectivity index is 1.59. The van der Waals surface area contributed by atoms with E-state index in [1.807, 2.05) is 17.3 Å². The van der Waals surface area contributed by atoms with Crippen LogP contribution in [0.5, 0.6) is 5.75 Å². The third-order valence-electron chi connectivity index (χ3n) is 7.42. The Hall–Kier alpha value is -3.25. The van der Waals surface area contributed by atoms with E-state index in [0.717, 1.165) is 10.5 Å². The molecule has 4 heterocycles. The topological polar surface area (TPSA) is 86.3 Å². The van der Waals surface area contributed by atoms with Crippen LogP contribution >= 0.6 is 11.2 Å². The van der Waals surface area contributed by atoms with Gasteiger partial charge in [0.1, 0.15) is 24.2 Å². The molecule has 200 valence electrons. The number of hydrogen-bond donors (Lipinski definition) is 1. The van der Waals surface area contributed by atoms with Crippen LogP contribution in [0.25, 0.3) is 16.9 Å². The van der Waals surface area contributed by atoms with E-state index < -0.39 is 19.7 Å². The second kappa shape index (κ2) is 9.81. The second-order valence-electron chi connectivity index (χ2n) is 10.2. The van der Waals surface area contributed by atoms with E-state index in [4.69, 9.17) is 4.74 Å². The zero-order valence-electron chi connectivity index (χ0n) is 22.1. The van der Waals surface area contributed by atoms with Crippen molar-refractivity contribution in [1.29, 1.82) is 0 Å². The SMILES string of the molecule is CC(C)[Si]1(C(C)C)Sc2cc(-c3nn(C)cc3NC(=O)c3cnn4cccnc34)c(OC(F)F)cc2C1C.